The van der Waals surface area contributed by atoms with Crippen molar-refractivity contribution >= 4 is 42.3 Å². The number of carbonyl (C=O) groups excluding carboxylic acids is 2. The first-order chi connectivity index (χ1) is 9.16. The molecule has 0 aliphatic carbocycles. The van der Waals surface area contributed by atoms with Crippen molar-refractivity contribution in [2.75, 3.05) is 38.0 Å². The van der Waals surface area contributed by atoms with Crippen LogP contribution in [0.4, 0.5) is 5.69 Å². The average molecular weight is 335 g/mol. The number of rotatable bonds is 4. The maximum atomic E-state index is 11.9. The number of primary amides is 1. The van der Waals surface area contributed by atoms with E-state index in [9.17, 15) is 9.59 Å². The highest BCUT2D eigenvalue weighted by molar-refractivity contribution is 6.03. The summed E-state index contributed by atoms with van der Waals surface area (Å²) in [6, 6.07) is 6.75. The van der Waals surface area contributed by atoms with Crippen LogP contribution in [0.25, 0.3) is 0 Å². The van der Waals surface area contributed by atoms with Gasteiger partial charge in [-0.05, 0) is 12.1 Å². The number of piperazine rings is 1. The molecule has 0 saturated carbocycles. The number of halogens is 2. The highest BCUT2D eigenvalue weighted by Gasteiger charge is 2.15. The Balaban J connectivity index is 0.00000200. The molecule has 1 saturated heterocycles. The summed E-state index contributed by atoms with van der Waals surface area (Å²) in [5, 5.41) is 5.96. The molecular formula is C13H20Cl2N4O2. The van der Waals surface area contributed by atoms with E-state index in [1.54, 1.807) is 24.3 Å². The van der Waals surface area contributed by atoms with Crippen LogP contribution in [0.5, 0.6) is 0 Å². The van der Waals surface area contributed by atoms with E-state index in [0.29, 0.717) is 17.8 Å². The fraction of sp³-hybridized carbons (Fsp3) is 0.385. The molecule has 1 aromatic rings. The third-order valence-electron chi connectivity index (χ3n) is 3.04. The van der Waals surface area contributed by atoms with Crippen LogP contribution < -0.4 is 16.4 Å². The summed E-state index contributed by atoms with van der Waals surface area (Å²) in [4.78, 5) is 25.2. The minimum Gasteiger partial charge on any atom is -0.366 e. The third kappa shape index (κ3) is 5.89. The van der Waals surface area contributed by atoms with Crippen LogP contribution in [-0.2, 0) is 4.79 Å². The maximum Gasteiger partial charge on any atom is 0.250 e. The van der Waals surface area contributed by atoms with Crippen LogP contribution in [0.15, 0.2) is 24.3 Å². The Morgan fingerprint density at radius 3 is 2.43 bits per heavy atom. The van der Waals surface area contributed by atoms with Crippen molar-refractivity contribution in [3.05, 3.63) is 29.8 Å². The van der Waals surface area contributed by atoms with Gasteiger partial charge in [-0.2, -0.15) is 0 Å². The molecule has 0 unspecified atom stereocenters. The van der Waals surface area contributed by atoms with Crippen molar-refractivity contribution in [1.29, 1.82) is 0 Å². The number of amides is 2. The number of nitrogens with zero attached hydrogens (tertiary/aromatic N) is 1. The fourth-order valence-corrected chi connectivity index (χ4v) is 2.07. The van der Waals surface area contributed by atoms with Gasteiger partial charge < -0.3 is 16.4 Å². The Morgan fingerprint density at radius 1 is 1.19 bits per heavy atom. The standard InChI is InChI=1S/C13H18N4O2.2ClH/c14-13(19)10-3-1-2-4-11(10)16-12(18)9-17-7-5-15-6-8-17;;/h1-4,15H,5-9H2,(H2,14,19)(H,16,18);2*1H. The Bertz CT molecular complexity index is 479. The molecule has 1 aliphatic rings. The van der Waals surface area contributed by atoms with Crippen molar-refractivity contribution in [1.82, 2.24) is 10.2 Å². The zero-order chi connectivity index (χ0) is 13.7. The average Bonchev–Trinajstić information content (AvgIpc) is 2.40. The van der Waals surface area contributed by atoms with Crippen molar-refractivity contribution in [2.45, 2.75) is 0 Å². The van der Waals surface area contributed by atoms with E-state index >= 15 is 0 Å². The predicted molar refractivity (Wildman–Crippen MR) is 87.4 cm³/mol. The number of nitrogens with two attached hydrogens (primary N) is 1. The van der Waals surface area contributed by atoms with Gasteiger partial charge >= 0.3 is 0 Å². The van der Waals surface area contributed by atoms with E-state index in [4.69, 9.17) is 5.73 Å². The minimum absolute atomic E-state index is 0. The second-order valence-corrected chi connectivity index (χ2v) is 4.48. The molecule has 1 heterocycles. The van der Waals surface area contributed by atoms with E-state index in [-0.39, 0.29) is 30.7 Å². The molecule has 21 heavy (non-hydrogen) atoms. The third-order valence-corrected chi connectivity index (χ3v) is 3.04. The summed E-state index contributed by atoms with van der Waals surface area (Å²) in [5.74, 6) is -0.673. The largest absolute Gasteiger partial charge is 0.366 e. The van der Waals surface area contributed by atoms with Gasteiger partial charge in [0.2, 0.25) is 5.91 Å². The van der Waals surface area contributed by atoms with Gasteiger partial charge in [-0.1, -0.05) is 12.1 Å². The summed E-state index contributed by atoms with van der Waals surface area (Å²) in [6.45, 7) is 3.82. The van der Waals surface area contributed by atoms with Gasteiger partial charge in [0.25, 0.3) is 5.91 Å². The van der Waals surface area contributed by atoms with Crippen molar-refractivity contribution in [2.24, 2.45) is 5.73 Å². The van der Waals surface area contributed by atoms with E-state index in [1.165, 1.54) is 0 Å². The summed E-state index contributed by atoms with van der Waals surface area (Å²) >= 11 is 0. The number of hydrogen-bond donors (Lipinski definition) is 3. The van der Waals surface area contributed by atoms with E-state index in [2.05, 4.69) is 15.5 Å². The molecule has 6 nitrogen and oxygen atoms in total. The monoisotopic (exact) mass is 334 g/mol. The number of nitrogens with one attached hydrogen (secondary N) is 2. The second kappa shape index (κ2) is 9.57. The van der Waals surface area contributed by atoms with Crippen molar-refractivity contribution in [3.63, 3.8) is 0 Å². The van der Waals surface area contributed by atoms with Gasteiger partial charge in [0, 0.05) is 26.2 Å². The van der Waals surface area contributed by atoms with Crippen LogP contribution in [0, 0.1) is 0 Å². The fourth-order valence-electron chi connectivity index (χ4n) is 2.07. The zero-order valence-corrected chi connectivity index (χ0v) is 13.1. The van der Waals surface area contributed by atoms with Crippen LogP contribution in [0.3, 0.4) is 0 Å². The van der Waals surface area contributed by atoms with E-state index in [1.807, 2.05) is 0 Å². The Hall–Kier alpha value is -1.34. The van der Waals surface area contributed by atoms with Crippen LogP contribution in [0.2, 0.25) is 0 Å². The molecule has 1 fully saturated rings. The van der Waals surface area contributed by atoms with E-state index in [0.717, 1.165) is 26.2 Å². The number of carbonyl (C=O) groups is 2. The topological polar surface area (TPSA) is 87.5 Å². The molecular weight excluding hydrogens is 315 g/mol. The lowest BCUT2D eigenvalue weighted by Gasteiger charge is -2.26. The molecule has 1 aliphatic heterocycles. The van der Waals surface area contributed by atoms with Crippen molar-refractivity contribution in [3.8, 4) is 0 Å². The first kappa shape index (κ1) is 19.7. The molecule has 118 valence electrons. The summed E-state index contributed by atoms with van der Waals surface area (Å²) < 4.78 is 0. The summed E-state index contributed by atoms with van der Waals surface area (Å²) in [6.07, 6.45) is 0. The molecule has 0 spiro atoms. The molecule has 0 bridgehead atoms. The van der Waals surface area contributed by atoms with Gasteiger partial charge in [-0.25, -0.2) is 0 Å². The molecule has 1 aromatic carbocycles. The van der Waals surface area contributed by atoms with Gasteiger partial charge in [0.1, 0.15) is 0 Å². The van der Waals surface area contributed by atoms with Crippen LogP contribution >= 0.6 is 24.8 Å². The quantitative estimate of drug-likeness (QED) is 0.747. The normalized spacial score (nSPS) is 14.5. The Morgan fingerprint density at radius 2 is 1.81 bits per heavy atom. The SMILES string of the molecule is Cl.Cl.NC(=O)c1ccccc1NC(=O)CN1CCNCC1. The molecule has 8 heteroatoms. The van der Waals surface area contributed by atoms with Gasteiger partial charge in [-0.15, -0.1) is 24.8 Å². The predicted octanol–water partition coefficient (Wildman–Crippen LogP) is 0.473. The maximum absolute atomic E-state index is 11.9. The smallest absolute Gasteiger partial charge is 0.250 e. The lowest BCUT2D eigenvalue weighted by molar-refractivity contribution is -0.117. The Labute approximate surface area is 136 Å². The zero-order valence-electron chi connectivity index (χ0n) is 11.5. The molecule has 2 rings (SSSR count). The summed E-state index contributed by atoms with van der Waals surface area (Å²) in [7, 11) is 0. The van der Waals surface area contributed by atoms with Crippen LogP contribution in [-0.4, -0.2) is 49.4 Å². The van der Waals surface area contributed by atoms with Gasteiger partial charge in [-0.3, -0.25) is 14.5 Å². The van der Waals surface area contributed by atoms with Crippen molar-refractivity contribution < 1.29 is 9.59 Å². The molecule has 4 N–H and O–H groups in total. The lowest BCUT2D eigenvalue weighted by atomic mass is 10.1. The first-order valence-corrected chi connectivity index (χ1v) is 6.28. The number of anilines is 1. The number of para-hydroxylation sites is 1. The highest BCUT2D eigenvalue weighted by atomic mass is 35.5. The highest BCUT2D eigenvalue weighted by Crippen LogP contribution is 2.14. The second-order valence-electron chi connectivity index (χ2n) is 4.48. The van der Waals surface area contributed by atoms with Gasteiger partial charge in [0.05, 0.1) is 17.8 Å². The van der Waals surface area contributed by atoms with E-state index < -0.39 is 5.91 Å². The summed E-state index contributed by atoms with van der Waals surface area (Å²) in [5.41, 5.74) is 6.06. The number of benzene rings is 1. The molecule has 0 atom stereocenters. The lowest BCUT2D eigenvalue weighted by Crippen LogP contribution is -2.46. The molecule has 0 aromatic heterocycles. The number of hydrogen-bond acceptors (Lipinski definition) is 4. The minimum atomic E-state index is -0.543. The van der Waals surface area contributed by atoms with Gasteiger partial charge in [0.15, 0.2) is 0 Å². The van der Waals surface area contributed by atoms with Crippen LogP contribution in [0.1, 0.15) is 10.4 Å². The first-order valence-electron chi connectivity index (χ1n) is 6.28. The molecule has 2 amide bonds. The Kier molecular flexibility index (Phi) is 8.96. The molecule has 0 radical (unpaired) electrons.